The first-order valence-electron chi connectivity index (χ1n) is 5.10. The third kappa shape index (κ3) is 1.59. The number of aromatic nitrogens is 2. The van der Waals surface area contributed by atoms with Gasteiger partial charge in [0, 0.05) is 5.56 Å². The Morgan fingerprint density at radius 2 is 2.29 bits per heavy atom. The molecule has 0 atom stereocenters. The number of hydrogen-bond donors (Lipinski definition) is 3. The molecule has 1 aliphatic heterocycles. The highest BCUT2D eigenvalue weighted by molar-refractivity contribution is 5.96. The fourth-order valence-electron chi connectivity index (χ4n) is 1.77. The minimum atomic E-state index is -0.145. The van der Waals surface area contributed by atoms with Crippen molar-refractivity contribution >= 4 is 17.4 Å². The van der Waals surface area contributed by atoms with E-state index in [4.69, 9.17) is 10.5 Å². The quantitative estimate of drug-likeness (QED) is 0.681. The fraction of sp³-hybridized carbons (Fsp3) is 0.0909. The van der Waals surface area contributed by atoms with Crippen LogP contribution in [0.1, 0.15) is 0 Å². The Labute approximate surface area is 96.8 Å². The average Bonchev–Trinajstić information content (AvgIpc) is 2.75. The molecule has 0 saturated heterocycles. The van der Waals surface area contributed by atoms with Crippen LogP contribution in [-0.4, -0.2) is 22.7 Å². The van der Waals surface area contributed by atoms with Crippen LogP contribution in [0.15, 0.2) is 24.4 Å². The second-order valence-corrected chi connectivity index (χ2v) is 3.75. The number of nitrogens with one attached hydrogen (secondary N) is 2. The molecule has 2 aromatic rings. The van der Waals surface area contributed by atoms with E-state index in [1.807, 2.05) is 12.1 Å². The van der Waals surface area contributed by atoms with E-state index in [2.05, 4.69) is 15.5 Å². The summed E-state index contributed by atoms with van der Waals surface area (Å²) in [6.45, 7) is 0.0390. The predicted octanol–water partition coefficient (Wildman–Crippen LogP) is 0.990. The Bertz CT molecular complexity index is 591. The van der Waals surface area contributed by atoms with E-state index >= 15 is 0 Å². The molecule has 0 bridgehead atoms. The number of nitrogens with two attached hydrogens (primary N) is 1. The number of ether oxygens (including phenoxy) is 1. The molecule has 86 valence electrons. The highest BCUT2D eigenvalue weighted by atomic mass is 16.5. The lowest BCUT2D eigenvalue weighted by Crippen LogP contribution is -2.25. The molecule has 0 radical (unpaired) electrons. The largest absolute Gasteiger partial charge is 0.482 e. The lowest BCUT2D eigenvalue weighted by molar-refractivity contribution is -0.118. The Hall–Kier alpha value is -2.50. The van der Waals surface area contributed by atoms with E-state index < -0.39 is 0 Å². The molecule has 0 fully saturated rings. The molecular weight excluding hydrogens is 220 g/mol. The average molecular weight is 230 g/mol. The molecule has 0 saturated carbocycles. The number of carbonyl (C=O) groups is 1. The summed E-state index contributed by atoms with van der Waals surface area (Å²) in [6, 6.07) is 5.47. The van der Waals surface area contributed by atoms with E-state index in [9.17, 15) is 4.79 Å². The van der Waals surface area contributed by atoms with Gasteiger partial charge in [-0.05, 0) is 17.7 Å². The number of fused-ring (bicyclic) bond motifs is 1. The summed E-state index contributed by atoms with van der Waals surface area (Å²) in [5.74, 6) is 1.00. The molecule has 6 nitrogen and oxygen atoms in total. The van der Waals surface area contributed by atoms with Crippen LogP contribution >= 0.6 is 0 Å². The minimum Gasteiger partial charge on any atom is -0.482 e. The van der Waals surface area contributed by atoms with Gasteiger partial charge in [0.25, 0.3) is 5.91 Å². The molecule has 1 amide bonds. The molecule has 0 spiro atoms. The van der Waals surface area contributed by atoms with E-state index in [-0.39, 0.29) is 12.5 Å². The van der Waals surface area contributed by atoms with Crippen LogP contribution in [0, 0.1) is 0 Å². The zero-order valence-corrected chi connectivity index (χ0v) is 8.86. The van der Waals surface area contributed by atoms with Gasteiger partial charge in [-0.15, -0.1) is 0 Å². The van der Waals surface area contributed by atoms with Gasteiger partial charge in [-0.2, -0.15) is 5.10 Å². The van der Waals surface area contributed by atoms with Crippen molar-refractivity contribution in [3.05, 3.63) is 24.4 Å². The number of nitrogen functional groups attached to an aromatic ring is 1. The van der Waals surface area contributed by atoms with Crippen molar-refractivity contribution in [2.45, 2.75) is 0 Å². The number of amides is 1. The Morgan fingerprint density at radius 1 is 1.41 bits per heavy atom. The minimum absolute atomic E-state index is 0.0390. The van der Waals surface area contributed by atoms with Crippen molar-refractivity contribution in [1.29, 1.82) is 0 Å². The number of carbonyl (C=O) groups excluding carboxylic acids is 1. The van der Waals surface area contributed by atoms with Gasteiger partial charge >= 0.3 is 0 Å². The Kier molecular flexibility index (Phi) is 2.01. The standard InChI is InChI=1S/C11H10N4O2/c12-11-7(4-13-15-11)6-1-2-8-9(3-6)17-5-10(16)14-8/h1-4H,5H2,(H,14,16)(H3,12,13,15). The number of benzene rings is 1. The molecule has 2 heterocycles. The zero-order chi connectivity index (χ0) is 11.8. The molecule has 0 unspecified atom stereocenters. The first-order valence-corrected chi connectivity index (χ1v) is 5.10. The molecule has 1 aliphatic rings. The van der Waals surface area contributed by atoms with Crippen LogP contribution in [0.2, 0.25) is 0 Å². The van der Waals surface area contributed by atoms with Crippen molar-refractivity contribution < 1.29 is 9.53 Å². The van der Waals surface area contributed by atoms with Gasteiger partial charge in [0.1, 0.15) is 11.6 Å². The fourth-order valence-corrected chi connectivity index (χ4v) is 1.77. The monoisotopic (exact) mass is 230 g/mol. The first kappa shape index (κ1) is 9.71. The third-order valence-electron chi connectivity index (χ3n) is 2.59. The molecule has 4 N–H and O–H groups in total. The Balaban J connectivity index is 2.05. The van der Waals surface area contributed by atoms with Crippen molar-refractivity contribution in [1.82, 2.24) is 10.2 Å². The van der Waals surface area contributed by atoms with Crippen LogP contribution in [0.4, 0.5) is 11.5 Å². The van der Waals surface area contributed by atoms with E-state index in [1.165, 1.54) is 0 Å². The first-order chi connectivity index (χ1) is 8.24. The van der Waals surface area contributed by atoms with Crippen LogP contribution < -0.4 is 15.8 Å². The van der Waals surface area contributed by atoms with E-state index in [0.717, 1.165) is 11.1 Å². The van der Waals surface area contributed by atoms with Crippen LogP contribution in [-0.2, 0) is 4.79 Å². The summed E-state index contributed by atoms with van der Waals surface area (Å²) < 4.78 is 5.33. The molecule has 1 aromatic carbocycles. The lowest BCUT2D eigenvalue weighted by atomic mass is 10.1. The number of aromatic amines is 1. The number of anilines is 2. The van der Waals surface area contributed by atoms with Gasteiger partial charge in [-0.25, -0.2) is 0 Å². The number of H-pyrrole nitrogens is 1. The SMILES string of the molecule is Nc1[nH]ncc1-c1ccc2c(c1)OCC(=O)N2. The summed E-state index contributed by atoms with van der Waals surface area (Å²) in [7, 11) is 0. The summed E-state index contributed by atoms with van der Waals surface area (Å²) in [4.78, 5) is 11.1. The van der Waals surface area contributed by atoms with Gasteiger partial charge in [0.15, 0.2) is 6.61 Å². The highest BCUT2D eigenvalue weighted by Crippen LogP contribution is 2.33. The number of rotatable bonds is 1. The summed E-state index contributed by atoms with van der Waals surface area (Å²) in [5, 5.41) is 9.26. The van der Waals surface area contributed by atoms with Crippen molar-refractivity contribution in [3.8, 4) is 16.9 Å². The second-order valence-electron chi connectivity index (χ2n) is 3.75. The van der Waals surface area contributed by atoms with Gasteiger partial charge in [-0.1, -0.05) is 6.07 Å². The third-order valence-corrected chi connectivity index (χ3v) is 2.59. The molecule has 0 aliphatic carbocycles. The van der Waals surface area contributed by atoms with Crippen molar-refractivity contribution in [2.75, 3.05) is 17.7 Å². The predicted molar refractivity (Wildman–Crippen MR) is 62.6 cm³/mol. The maximum Gasteiger partial charge on any atom is 0.262 e. The van der Waals surface area contributed by atoms with Crippen LogP contribution in [0.5, 0.6) is 5.75 Å². The highest BCUT2D eigenvalue weighted by Gasteiger charge is 2.17. The van der Waals surface area contributed by atoms with Gasteiger partial charge in [0.2, 0.25) is 0 Å². The normalized spacial score (nSPS) is 13.8. The van der Waals surface area contributed by atoms with E-state index in [0.29, 0.717) is 17.3 Å². The van der Waals surface area contributed by atoms with Crippen LogP contribution in [0.25, 0.3) is 11.1 Å². The Morgan fingerprint density at radius 3 is 3.06 bits per heavy atom. The smallest absolute Gasteiger partial charge is 0.262 e. The molecule has 1 aromatic heterocycles. The lowest BCUT2D eigenvalue weighted by Gasteiger charge is -2.18. The number of hydrogen-bond acceptors (Lipinski definition) is 4. The van der Waals surface area contributed by atoms with E-state index in [1.54, 1.807) is 12.3 Å². The van der Waals surface area contributed by atoms with Crippen molar-refractivity contribution in [3.63, 3.8) is 0 Å². The summed E-state index contributed by atoms with van der Waals surface area (Å²) >= 11 is 0. The zero-order valence-electron chi connectivity index (χ0n) is 8.86. The maximum absolute atomic E-state index is 11.1. The number of nitrogens with zero attached hydrogens (tertiary/aromatic N) is 1. The van der Waals surface area contributed by atoms with Gasteiger partial charge < -0.3 is 15.8 Å². The van der Waals surface area contributed by atoms with Crippen molar-refractivity contribution in [2.24, 2.45) is 0 Å². The van der Waals surface area contributed by atoms with Crippen LogP contribution in [0.3, 0.4) is 0 Å². The van der Waals surface area contributed by atoms with Gasteiger partial charge in [-0.3, -0.25) is 9.89 Å². The molecule has 6 heteroatoms. The van der Waals surface area contributed by atoms with Gasteiger partial charge in [0.05, 0.1) is 11.9 Å². The summed E-state index contributed by atoms with van der Waals surface area (Å²) in [6.07, 6.45) is 1.65. The topological polar surface area (TPSA) is 93.0 Å². The second kappa shape index (κ2) is 3.51. The summed E-state index contributed by atoms with van der Waals surface area (Å²) in [5.41, 5.74) is 8.12. The molecule has 3 rings (SSSR count). The molecular formula is C11H10N4O2. The molecule has 17 heavy (non-hydrogen) atoms. The maximum atomic E-state index is 11.1.